The molecule has 0 spiro atoms. The number of hydrogen-bond donors (Lipinski definition) is 1. The van der Waals surface area contributed by atoms with Crippen molar-refractivity contribution >= 4 is 11.8 Å². The van der Waals surface area contributed by atoms with E-state index < -0.39 is 0 Å². The smallest absolute Gasteiger partial charge is 0.194 e. The van der Waals surface area contributed by atoms with Gasteiger partial charge in [-0.05, 0) is 49.7 Å². The second-order valence-corrected chi connectivity index (χ2v) is 5.05. The molecule has 0 saturated heterocycles. The van der Waals surface area contributed by atoms with Crippen LogP contribution < -0.4 is 0 Å². The first kappa shape index (κ1) is 13.0. The molecule has 0 unspecified atom stereocenters. The van der Waals surface area contributed by atoms with E-state index in [2.05, 4.69) is 15.0 Å². The molecule has 0 atom stereocenters. The Morgan fingerprint density at radius 2 is 1.78 bits per heavy atom. The van der Waals surface area contributed by atoms with Crippen LogP contribution in [0.3, 0.4) is 0 Å². The summed E-state index contributed by atoms with van der Waals surface area (Å²) < 4.78 is 0. The predicted octanol–water partition coefficient (Wildman–Crippen LogP) is 2.44. The van der Waals surface area contributed by atoms with Crippen molar-refractivity contribution in [2.75, 3.05) is 0 Å². The maximum Gasteiger partial charge on any atom is 0.194 e. The van der Waals surface area contributed by atoms with Crippen LogP contribution in [0.2, 0.25) is 0 Å². The monoisotopic (exact) mass is 261 g/mol. The summed E-state index contributed by atoms with van der Waals surface area (Å²) >= 11 is 1.43. The molecule has 0 aliphatic carbocycles. The molecule has 0 aliphatic rings. The zero-order chi connectivity index (χ0) is 13.1. The fraction of sp³-hybridized carbons (Fsp3) is 0.308. The summed E-state index contributed by atoms with van der Waals surface area (Å²) in [5.74, 6) is 0. The standard InChI is InChI=1S/C13H15N3OS/c1-8-9(2)15-13(16-10(8)3)18-12-5-4-11(7-17)6-14-12/h4-6,17H,7H2,1-3H3. The second-order valence-electron chi connectivity index (χ2n) is 4.07. The van der Waals surface area contributed by atoms with Crippen LogP contribution in [-0.4, -0.2) is 20.1 Å². The summed E-state index contributed by atoms with van der Waals surface area (Å²) in [4.78, 5) is 13.1. The van der Waals surface area contributed by atoms with Crippen molar-refractivity contribution in [3.8, 4) is 0 Å². The van der Waals surface area contributed by atoms with E-state index in [0.29, 0.717) is 5.16 Å². The molecule has 1 N–H and O–H groups in total. The van der Waals surface area contributed by atoms with E-state index in [4.69, 9.17) is 5.11 Å². The molecule has 2 aromatic heterocycles. The van der Waals surface area contributed by atoms with Crippen LogP contribution in [0.15, 0.2) is 28.5 Å². The topological polar surface area (TPSA) is 58.9 Å². The lowest BCUT2D eigenvalue weighted by Crippen LogP contribution is -1.98. The third-order valence-corrected chi connectivity index (χ3v) is 3.60. The molecule has 0 bridgehead atoms. The summed E-state index contributed by atoms with van der Waals surface area (Å²) in [6, 6.07) is 3.72. The third-order valence-electron chi connectivity index (χ3n) is 2.79. The Kier molecular flexibility index (Phi) is 3.93. The first-order chi connectivity index (χ1) is 8.60. The van der Waals surface area contributed by atoms with E-state index in [1.54, 1.807) is 6.20 Å². The summed E-state index contributed by atoms with van der Waals surface area (Å²) in [7, 11) is 0. The fourth-order valence-corrected chi connectivity index (χ4v) is 2.24. The molecular weight excluding hydrogens is 246 g/mol. The van der Waals surface area contributed by atoms with Gasteiger partial charge in [-0.25, -0.2) is 15.0 Å². The molecule has 0 amide bonds. The van der Waals surface area contributed by atoms with Gasteiger partial charge in [0.15, 0.2) is 5.16 Å². The molecule has 2 aromatic rings. The van der Waals surface area contributed by atoms with Gasteiger partial charge < -0.3 is 5.11 Å². The van der Waals surface area contributed by atoms with Gasteiger partial charge in [-0.2, -0.15) is 0 Å². The van der Waals surface area contributed by atoms with E-state index in [0.717, 1.165) is 27.5 Å². The summed E-state index contributed by atoms with van der Waals surface area (Å²) in [5.41, 5.74) is 3.92. The van der Waals surface area contributed by atoms with Crippen LogP contribution in [0.4, 0.5) is 0 Å². The normalized spacial score (nSPS) is 10.7. The Balaban J connectivity index is 2.23. The summed E-state index contributed by atoms with van der Waals surface area (Å²) in [5, 5.41) is 10.5. The van der Waals surface area contributed by atoms with Crippen LogP contribution in [0.1, 0.15) is 22.5 Å². The average molecular weight is 261 g/mol. The van der Waals surface area contributed by atoms with Gasteiger partial charge in [-0.15, -0.1) is 0 Å². The van der Waals surface area contributed by atoms with E-state index in [1.165, 1.54) is 11.8 Å². The van der Waals surface area contributed by atoms with E-state index >= 15 is 0 Å². The first-order valence-corrected chi connectivity index (χ1v) is 6.47. The molecule has 0 radical (unpaired) electrons. The highest BCUT2D eigenvalue weighted by Crippen LogP contribution is 2.24. The van der Waals surface area contributed by atoms with Crippen molar-refractivity contribution in [1.29, 1.82) is 0 Å². The molecule has 0 fully saturated rings. The minimum atomic E-state index is 0.0111. The van der Waals surface area contributed by atoms with Gasteiger partial charge in [0.2, 0.25) is 0 Å². The number of rotatable bonds is 3. The quantitative estimate of drug-likeness (QED) is 0.860. The minimum absolute atomic E-state index is 0.0111. The van der Waals surface area contributed by atoms with Crippen molar-refractivity contribution in [3.05, 3.63) is 40.8 Å². The molecule has 2 heterocycles. The molecule has 18 heavy (non-hydrogen) atoms. The molecule has 4 nitrogen and oxygen atoms in total. The highest BCUT2D eigenvalue weighted by atomic mass is 32.2. The van der Waals surface area contributed by atoms with Gasteiger partial charge in [-0.1, -0.05) is 6.07 Å². The van der Waals surface area contributed by atoms with Gasteiger partial charge in [0.1, 0.15) is 5.03 Å². The second kappa shape index (κ2) is 5.46. The number of pyridine rings is 1. The Morgan fingerprint density at radius 3 is 2.28 bits per heavy atom. The lowest BCUT2D eigenvalue weighted by molar-refractivity contribution is 0.281. The number of aliphatic hydroxyl groups excluding tert-OH is 1. The molecule has 94 valence electrons. The summed E-state index contributed by atoms with van der Waals surface area (Å²) in [6.07, 6.45) is 1.66. The van der Waals surface area contributed by atoms with Crippen LogP contribution in [0.5, 0.6) is 0 Å². The van der Waals surface area contributed by atoms with Crippen LogP contribution in [0.25, 0.3) is 0 Å². The van der Waals surface area contributed by atoms with Crippen LogP contribution in [-0.2, 0) is 6.61 Å². The molecule has 0 aliphatic heterocycles. The molecule has 0 saturated carbocycles. The number of aryl methyl sites for hydroxylation is 2. The van der Waals surface area contributed by atoms with Crippen molar-refractivity contribution in [3.63, 3.8) is 0 Å². The van der Waals surface area contributed by atoms with Gasteiger partial charge >= 0.3 is 0 Å². The third kappa shape index (κ3) is 2.86. The van der Waals surface area contributed by atoms with Gasteiger partial charge in [0.05, 0.1) is 6.61 Å². The van der Waals surface area contributed by atoms with Crippen molar-refractivity contribution in [1.82, 2.24) is 15.0 Å². The number of aromatic nitrogens is 3. The maximum absolute atomic E-state index is 8.95. The SMILES string of the molecule is Cc1nc(Sc2ccc(CO)cn2)nc(C)c1C. The number of nitrogens with zero attached hydrogens (tertiary/aromatic N) is 3. The van der Waals surface area contributed by atoms with E-state index in [1.807, 2.05) is 32.9 Å². The number of aliphatic hydroxyl groups is 1. The Labute approximate surface area is 111 Å². The molecule has 0 aromatic carbocycles. The van der Waals surface area contributed by atoms with Gasteiger partial charge in [0, 0.05) is 17.6 Å². The van der Waals surface area contributed by atoms with Crippen LogP contribution in [0, 0.1) is 20.8 Å². The lowest BCUT2D eigenvalue weighted by atomic mass is 10.2. The Bertz CT molecular complexity index is 532. The number of hydrogen-bond acceptors (Lipinski definition) is 5. The van der Waals surface area contributed by atoms with Gasteiger partial charge in [-0.3, -0.25) is 0 Å². The predicted molar refractivity (Wildman–Crippen MR) is 70.5 cm³/mol. The van der Waals surface area contributed by atoms with E-state index in [-0.39, 0.29) is 6.61 Å². The minimum Gasteiger partial charge on any atom is -0.392 e. The summed E-state index contributed by atoms with van der Waals surface area (Å²) in [6.45, 7) is 6.00. The molecule has 5 heteroatoms. The molecular formula is C13H15N3OS. The van der Waals surface area contributed by atoms with Gasteiger partial charge in [0.25, 0.3) is 0 Å². The first-order valence-electron chi connectivity index (χ1n) is 5.65. The highest BCUT2D eigenvalue weighted by molar-refractivity contribution is 7.99. The zero-order valence-corrected chi connectivity index (χ0v) is 11.5. The Morgan fingerprint density at radius 1 is 1.11 bits per heavy atom. The largest absolute Gasteiger partial charge is 0.392 e. The average Bonchev–Trinajstić information content (AvgIpc) is 2.37. The van der Waals surface area contributed by atoms with Crippen molar-refractivity contribution in [2.45, 2.75) is 37.6 Å². The molecule has 2 rings (SSSR count). The maximum atomic E-state index is 8.95. The van der Waals surface area contributed by atoms with Crippen LogP contribution >= 0.6 is 11.8 Å². The lowest BCUT2D eigenvalue weighted by Gasteiger charge is -2.06. The fourth-order valence-electron chi connectivity index (χ4n) is 1.45. The van der Waals surface area contributed by atoms with Crippen molar-refractivity contribution in [2.24, 2.45) is 0 Å². The van der Waals surface area contributed by atoms with E-state index in [9.17, 15) is 0 Å². The Hall–Kier alpha value is -1.46. The zero-order valence-electron chi connectivity index (χ0n) is 10.6. The highest BCUT2D eigenvalue weighted by Gasteiger charge is 2.07. The van der Waals surface area contributed by atoms with Crippen molar-refractivity contribution < 1.29 is 5.11 Å².